The van der Waals surface area contributed by atoms with Gasteiger partial charge in [-0.1, -0.05) is 12.5 Å². The fraction of sp³-hybridized carbons (Fsp3) is 0.571. The second-order valence-electron chi connectivity index (χ2n) is 4.47. The predicted octanol–water partition coefficient (Wildman–Crippen LogP) is 3.28. The summed E-state index contributed by atoms with van der Waals surface area (Å²) in [7, 11) is 0. The van der Waals surface area contributed by atoms with Crippen LogP contribution in [0, 0.1) is 0 Å². The highest BCUT2D eigenvalue weighted by Crippen LogP contribution is 2.27. The lowest BCUT2D eigenvalue weighted by molar-refractivity contribution is 0.435. The van der Waals surface area contributed by atoms with E-state index in [4.69, 9.17) is 0 Å². The standard InChI is InChI=1S/C14H23NO2S/c1-11(15-8-4-3-5-9-18-2)13-7-6-12(16)10-14(13)17/h6-7,10-11,15-17H,3-5,8-9H2,1-2H3. The first kappa shape index (κ1) is 15.2. The van der Waals surface area contributed by atoms with Gasteiger partial charge in [0.05, 0.1) is 0 Å². The molecular weight excluding hydrogens is 246 g/mol. The molecule has 1 aromatic carbocycles. The molecule has 18 heavy (non-hydrogen) atoms. The Hall–Kier alpha value is -0.870. The zero-order valence-electron chi connectivity index (χ0n) is 11.1. The van der Waals surface area contributed by atoms with Gasteiger partial charge in [-0.25, -0.2) is 0 Å². The number of nitrogens with one attached hydrogen (secondary N) is 1. The Balaban J connectivity index is 2.29. The summed E-state index contributed by atoms with van der Waals surface area (Å²) in [5, 5.41) is 22.4. The van der Waals surface area contributed by atoms with Crippen LogP contribution in [0.4, 0.5) is 0 Å². The molecule has 1 rings (SSSR count). The number of hydrogen-bond acceptors (Lipinski definition) is 4. The van der Waals surface area contributed by atoms with E-state index in [0.29, 0.717) is 0 Å². The molecule has 0 aliphatic heterocycles. The van der Waals surface area contributed by atoms with E-state index in [1.165, 1.54) is 24.7 Å². The second-order valence-corrected chi connectivity index (χ2v) is 5.46. The number of phenolic OH excluding ortho intramolecular Hbond substituents is 2. The van der Waals surface area contributed by atoms with Crippen molar-refractivity contribution in [2.24, 2.45) is 0 Å². The van der Waals surface area contributed by atoms with Crippen molar-refractivity contribution >= 4 is 11.8 Å². The zero-order chi connectivity index (χ0) is 13.4. The third-order valence-corrected chi connectivity index (χ3v) is 3.65. The Morgan fingerprint density at radius 2 is 2.00 bits per heavy atom. The van der Waals surface area contributed by atoms with Crippen molar-refractivity contribution in [3.05, 3.63) is 23.8 Å². The highest BCUT2D eigenvalue weighted by molar-refractivity contribution is 7.98. The summed E-state index contributed by atoms with van der Waals surface area (Å²) in [6, 6.07) is 4.85. The highest BCUT2D eigenvalue weighted by Gasteiger charge is 2.09. The fourth-order valence-corrected chi connectivity index (χ4v) is 2.37. The van der Waals surface area contributed by atoms with Crippen molar-refractivity contribution < 1.29 is 10.2 Å². The minimum atomic E-state index is 0.0977. The van der Waals surface area contributed by atoms with Crippen molar-refractivity contribution in [2.45, 2.75) is 32.2 Å². The molecule has 0 aromatic heterocycles. The van der Waals surface area contributed by atoms with E-state index in [-0.39, 0.29) is 17.5 Å². The van der Waals surface area contributed by atoms with Gasteiger partial charge in [-0.15, -0.1) is 0 Å². The third-order valence-electron chi connectivity index (χ3n) is 2.96. The number of hydrogen-bond donors (Lipinski definition) is 3. The molecule has 0 aliphatic rings. The molecule has 4 heteroatoms. The van der Waals surface area contributed by atoms with E-state index >= 15 is 0 Å². The van der Waals surface area contributed by atoms with Gasteiger partial charge >= 0.3 is 0 Å². The molecule has 0 amide bonds. The molecule has 0 saturated carbocycles. The SMILES string of the molecule is CSCCCCCNC(C)c1ccc(O)cc1O. The van der Waals surface area contributed by atoms with E-state index in [9.17, 15) is 10.2 Å². The molecule has 1 aromatic rings. The number of rotatable bonds is 8. The van der Waals surface area contributed by atoms with Gasteiger partial charge in [-0.2, -0.15) is 11.8 Å². The van der Waals surface area contributed by atoms with Crippen LogP contribution in [0.25, 0.3) is 0 Å². The maximum absolute atomic E-state index is 9.73. The Morgan fingerprint density at radius 1 is 1.22 bits per heavy atom. The predicted molar refractivity (Wildman–Crippen MR) is 78.4 cm³/mol. The summed E-state index contributed by atoms with van der Waals surface area (Å²) >= 11 is 1.89. The van der Waals surface area contributed by atoms with E-state index in [0.717, 1.165) is 18.5 Å². The molecule has 0 spiro atoms. The normalized spacial score (nSPS) is 12.6. The quantitative estimate of drug-likeness (QED) is 0.634. The number of benzene rings is 1. The van der Waals surface area contributed by atoms with Gasteiger partial charge in [-0.3, -0.25) is 0 Å². The minimum Gasteiger partial charge on any atom is -0.508 e. The van der Waals surface area contributed by atoms with Crippen LogP contribution in [-0.2, 0) is 0 Å². The monoisotopic (exact) mass is 269 g/mol. The molecule has 0 fully saturated rings. The zero-order valence-corrected chi connectivity index (χ0v) is 12.0. The molecule has 102 valence electrons. The lowest BCUT2D eigenvalue weighted by Crippen LogP contribution is -2.19. The number of unbranched alkanes of at least 4 members (excludes halogenated alkanes) is 2. The third kappa shape index (κ3) is 5.19. The average Bonchev–Trinajstić information content (AvgIpc) is 2.33. The Labute approximate surface area is 114 Å². The first-order valence-electron chi connectivity index (χ1n) is 6.39. The maximum Gasteiger partial charge on any atom is 0.124 e. The molecule has 1 atom stereocenters. The molecule has 1 unspecified atom stereocenters. The van der Waals surface area contributed by atoms with E-state index in [2.05, 4.69) is 11.6 Å². The molecule has 0 aliphatic carbocycles. The van der Waals surface area contributed by atoms with Crippen LogP contribution in [0.3, 0.4) is 0 Å². The van der Waals surface area contributed by atoms with E-state index in [1.54, 1.807) is 12.1 Å². The molecular formula is C14H23NO2S. The first-order valence-corrected chi connectivity index (χ1v) is 7.78. The lowest BCUT2D eigenvalue weighted by atomic mass is 10.1. The Kier molecular flexibility index (Phi) is 6.98. The van der Waals surface area contributed by atoms with Crippen LogP contribution in [0.15, 0.2) is 18.2 Å². The topological polar surface area (TPSA) is 52.5 Å². The van der Waals surface area contributed by atoms with E-state index in [1.807, 2.05) is 18.7 Å². The van der Waals surface area contributed by atoms with Crippen LogP contribution in [0.1, 0.15) is 37.8 Å². The highest BCUT2D eigenvalue weighted by atomic mass is 32.2. The fourth-order valence-electron chi connectivity index (χ4n) is 1.87. The largest absolute Gasteiger partial charge is 0.508 e. The van der Waals surface area contributed by atoms with Crippen LogP contribution in [0.2, 0.25) is 0 Å². The molecule has 0 radical (unpaired) electrons. The first-order chi connectivity index (χ1) is 8.65. The number of thioether (sulfide) groups is 1. The van der Waals surface area contributed by atoms with Crippen molar-refractivity contribution in [3.63, 3.8) is 0 Å². The summed E-state index contributed by atoms with van der Waals surface area (Å²) < 4.78 is 0. The van der Waals surface area contributed by atoms with Crippen molar-refractivity contribution in [2.75, 3.05) is 18.6 Å². The van der Waals surface area contributed by atoms with Crippen molar-refractivity contribution in [1.82, 2.24) is 5.32 Å². The molecule has 3 nitrogen and oxygen atoms in total. The van der Waals surface area contributed by atoms with Gasteiger partial charge in [0.1, 0.15) is 11.5 Å². The summed E-state index contributed by atoms with van der Waals surface area (Å²) in [6.45, 7) is 2.98. The van der Waals surface area contributed by atoms with Gasteiger partial charge in [0, 0.05) is 17.7 Å². The van der Waals surface area contributed by atoms with Gasteiger partial charge in [-0.05, 0) is 44.4 Å². The smallest absolute Gasteiger partial charge is 0.124 e. The van der Waals surface area contributed by atoms with Gasteiger partial charge in [0.2, 0.25) is 0 Å². The summed E-state index contributed by atoms with van der Waals surface area (Å²) in [4.78, 5) is 0. The van der Waals surface area contributed by atoms with Gasteiger partial charge in [0.25, 0.3) is 0 Å². The van der Waals surface area contributed by atoms with Crippen LogP contribution >= 0.6 is 11.8 Å². The molecule has 0 heterocycles. The van der Waals surface area contributed by atoms with Crippen LogP contribution in [-0.4, -0.2) is 28.8 Å². The van der Waals surface area contributed by atoms with Gasteiger partial charge < -0.3 is 15.5 Å². The number of aromatic hydroxyl groups is 2. The van der Waals surface area contributed by atoms with E-state index < -0.39 is 0 Å². The maximum atomic E-state index is 9.73. The van der Waals surface area contributed by atoms with Crippen molar-refractivity contribution in [1.29, 1.82) is 0 Å². The average molecular weight is 269 g/mol. The van der Waals surface area contributed by atoms with Crippen LogP contribution in [0.5, 0.6) is 11.5 Å². The number of phenols is 2. The lowest BCUT2D eigenvalue weighted by Gasteiger charge is -2.15. The Morgan fingerprint density at radius 3 is 2.67 bits per heavy atom. The van der Waals surface area contributed by atoms with Crippen molar-refractivity contribution in [3.8, 4) is 11.5 Å². The minimum absolute atomic E-state index is 0.0977. The second kappa shape index (κ2) is 8.27. The summed E-state index contributed by atoms with van der Waals surface area (Å²) in [6.07, 6.45) is 5.79. The molecule has 0 saturated heterocycles. The van der Waals surface area contributed by atoms with Gasteiger partial charge in [0.15, 0.2) is 0 Å². The van der Waals surface area contributed by atoms with Crippen LogP contribution < -0.4 is 5.32 Å². The Bertz CT molecular complexity index is 358. The summed E-state index contributed by atoms with van der Waals surface area (Å²) in [5.74, 6) is 1.48. The summed E-state index contributed by atoms with van der Waals surface area (Å²) in [5.41, 5.74) is 0.830. The molecule has 3 N–H and O–H groups in total. The molecule has 0 bridgehead atoms.